The Balaban J connectivity index is 1.42. The maximum Gasteiger partial charge on any atom is 0.265 e. The zero-order valence-corrected chi connectivity index (χ0v) is 16.8. The highest BCUT2D eigenvalue weighted by Gasteiger charge is 2.44. The number of nitrogens with zero attached hydrogens (tertiary/aromatic N) is 3. The van der Waals surface area contributed by atoms with Crippen molar-refractivity contribution in [2.45, 2.75) is 50.5 Å². The van der Waals surface area contributed by atoms with Crippen LogP contribution in [0.1, 0.15) is 43.7 Å². The standard InChI is InChI=1S/C22H31F2N3O/c1-2-27-13-8-18-6-3-4-7-19(18)21(27)10-14-25(15-11-21)16-20(28)26-12-5-9-22(23,24)17-26/h3-4,6-7H,2,5,8-17H2,1H3. The number of benzene rings is 1. The number of piperidine rings is 2. The summed E-state index contributed by atoms with van der Waals surface area (Å²) >= 11 is 0. The number of likely N-dealkylation sites (N-methyl/N-ethyl adjacent to an activating group) is 1. The molecule has 0 saturated carbocycles. The molecule has 0 aliphatic carbocycles. The number of amides is 1. The van der Waals surface area contributed by atoms with E-state index in [1.54, 1.807) is 0 Å². The fourth-order valence-electron chi connectivity index (χ4n) is 5.43. The van der Waals surface area contributed by atoms with Crippen molar-refractivity contribution in [1.82, 2.24) is 14.7 Å². The van der Waals surface area contributed by atoms with Crippen LogP contribution in [0.15, 0.2) is 24.3 Å². The summed E-state index contributed by atoms with van der Waals surface area (Å²) in [6, 6.07) is 8.77. The van der Waals surface area contributed by atoms with Crippen molar-refractivity contribution in [3.63, 3.8) is 0 Å². The van der Waals surface area contributed by atoms with E-state index < -0.39 is 12.5 Å². The van der Waals surface area contributed by atoms with E-state index in [1.807, 2.05) is 0 Å². The van der Waals surface area contributed by atoms with Gasteiger partial charge in [-0.05, 0) is 43.4 Å². The smallest absolute Gasteiger partial charge is 0.265 e. The molecular weight excluding hydrogens is 360 g/mol. The third-order valence-electron chi connectivity index (χ3n) is 6.94. The Bertz CT molecular complexity index is 715. The topological polar surface area (TPSA) is 26.8 Å². The van der Waals surface area contributed by atoms with Crippen LogP contribution in [0.5, 0.6) is 0 Å². The average Bonchev–Trinajstić information content (AvgIpc) is 2.69. The van der Waals surface area contributed by atoms with Gasteiger partial charge in [-0.2, -0.15) is 0 Å². The molecule has 0 atom stereocenters. The number of likely N-dealkylation sites (tertiary alicyclic amines) is 2. The summed E-state index contributed by atoms with van der Waals surface area (Å²) in [6.45, 7) is 6.30. The third-order valence-corrected chi connectivity index (χ3v) is 6.94. The van der Waals surface area contributed by atoms with Crippen LogP contribution in [0.2, 0.25) is 0 Å². The van der Waals surface area contributed by atoms with Gasteiger partial charge < -0.3 is 4.90 Å². The second kappa shape index (κ2) is 7.71. The van der Waals surface area contributed by atoms with Gasteiger partial charge >= 0.3 is 0 Å². The number of carbonyl (C=O) groups is 1. The van der Waals surface area contributed by atoms with E-state index in [0.29, 0.717) is 13.0 Å². The Morgan fingerprint density at radius 2 is 1.82 bits per heavy atom. The van der Waals surface area contributed by atoms with Gasteiger partial charge in [0.15, 0.2) is 0 Å². The van der Waals surface area contributed by atoms with Crippen LogP contribution in [0.25, 0.3) is 0 Å². The summed E-state index contributed by atoms with van der Waals surface area (Å²) in [4.78, 5) is 18.7. The molecule has 2 fully saturated rings. The molecule has 3 heterocycles. The fraction of sp³-hybridized carbons (Fsp3) is 0.682. The SMILES string of the molecule is CCN1CCc2ccccc2C12CCN(CC(=O)N1CCCC(F)(F)C1)CC2. The molecule has 6 heteroatoms. The van der Waals surface area contributed by atoms with Crippen LogP contribution < -0.4 is 0 Å². The number of halogens is 2. The minimum Gasteiger partial charge on any atom is -0.336 e. The van der Waals surface area contributed by atoms with E-state index >= 15 is 0 Å². The summed E-state index contributed by atoms with van der Waals surface area (Å²) in [5.41, 5.74) is 2.96. The second-order valence-electron chi connectivity index (χ2n) is 8.57. The largest absolute Gasteiger partial charge is 0.336 e. The van der Waals surface area contributed by atoms with E-state index in [9.17, 15) is 13.6 Å². The van der Waals surface area contributed by atoms with Crippen molar-refractivity contribution in [2.75, 3.05) is 45.8 Å². The highest BCUT2D eigenvalue weighted by atomic mass is 19.3. The van der Waals surface area contributed by atoms with Crippen molar-refractivity contribution in [2.24, 2.45) is 0 Å². The van der Waals surface area contributed by atoms with E-state index in [-0.39, 0.29) is 24.4 Å². The summed E-state index contributed by atoms with van der Waals surface area (Å²) in [6.07, 6.45) is 3.36. The molecule has 1 aromatic rings. The molecule has 4 nitrogen and oxygen atoms in total. The minimum absolute atomic E-state index is 0.0568. The van der Waals surface area contributed by atoms with Crippen molar-refractivity contribution in [3.8, 4) is 0 Å². The summed E-state index contributed by atoms with van der Waals surface area (Å²) in [7, 11) is 0. The van der Waals surface area contributed by atoms with Gasteiger partial charge in [-0.1, -0.05) is 31.2 Å². The summed E-state index contributed by atoms with van der Waals surface area (Å²) in [5.74, 6) is -2.88. The van der Waals surface area contributed by atoms with Crippen molar-refractivity contribution < 1.29 is 13.6 Å². The lowest BCUT2D eigenvalue weighted by Crippen LogP contribution is -2.57. The zero-order chi connectivity index (χ0) is 19.8. The maximum atomic E-state index is 13.6. The number of fused-ring (bicyclic) bond motifs is 2. The van der Waals surface area contributed by atoms with Crippen LogP contribution in [-0.4, -0.2) is 72.3 Å². The third kappa shape index (κ3) is 3.69. The summed E-state index contributed by atoms with van der Waals surface area (Å²) in [5, 5.41) is 0. The first-order valence-corrected chi connectivity index (χ1v) is 10.6. The van der Waals surface area contributed by atoms with Crippen LogP contribution in [0.4, 0.5) is 8.78 Å². The van der Waals surface area contributed by atoms with Gasteiger partial charge in [0.25, 0.3) is 5.92 Å². The van der Waals surface area contributed by atoms with Gasteiger partial charge in [0.2, 0.25) is 5.91 Å². The Morgan fingerprint density at radius 3 is 2.54 bits per heavy atom. The molecule has 0 radical (unpaired) electrons. The minimum atomic E-state index is -2.73. The van der Waals surface area contributed by atoms with E-state index in [1.165, 1.54) is 16.0 Å². The number of rotatable bonds is 3. The molecule has 0 unspecified atom stereocenters. The summed E-state index contributed by atoms with van der Waals surface area (Å²) < 4.78 is 27.3. The molecule has 4 rings (SSSR count). The quantitative estimate of drug-likeness (QED) is 0.792. The lowest BCUT2D eigenvalue weighted by Gasteiger charge is -2.52. The van der Waals surface area contributed by atoms with Gasteiger partial charge in [0.1, 0.15) is 0 Å². The molecule has 0 bridgehead atoms. The highest BCUT2D eigenvalue weighted by Crippen LogP contribution is 2.43. The molecule has 1 spiro atoms. The van der Waals surface area contributed by atoms with Crippen LogP contribution in [0, 0.1) is 0 Å². The van der Waals surface area contributed by atoms with E-state index in [2.05, 4.69) is 41.0 Å². The van der Waals surface area contributed by atoms with Crippen molar-refractivity contribution in [3.05, 3.63) is 35.4 Å². The van der Waals surface area contributed by atoms with Crippen molar-refractivity contribution in [1.29, 1.82) is 0 Å². The monoisotopic (exact) mass is 391 g/mol. The predicted octanol–water partition coefficient (Wildman–Crippen LogP) is 3.11. The number of alkyl halides is 2. The molecule has 154 valence electrons. The first-order chi connectivity index (χ1) is 13.4. The first-order valence-electron chi connectivity index (χ1n) is 10.6. The molecule has 0 aromatic heterocycles. The molecule has 0 N–H and O–H groups in total. The van der Waals surface area contributed by atoms with Gasteiger partial charge in [-0.3, -0.25) is 14.6 Å². The number of carbonyl (C=O) groups excluding carboxylic acids is 1. The van der Waals surface area contributed by atoms with Gasteiger partial charge in [0.05, 0.1) is 13.1 Å². The first kappa shape index (κ1) is 19.8. The second-order valence-corrected chi connectivity index (χ2v) is 8.57. The predicted molar refractivity (Wildman–Crippen MR) is 106 cm³/mol. The number of hydrogen-bond donors (Lipinski definition) is 0. The van der Waals surface area contributed by atoms with E-state index in [0.717, 1.165) is 45.4 Å². The van der Waals surface area contributed by atoms with Crippen molar-refractivity contribution >= 4 is 5.91 Å². The molecule has 1 amide bonds. The van der Waals surface area contributed by atoms with E-state index in [4.69, 9.17) is 0 Å². The lowest BCUT2D eigenvalue weighted by atomic mass is 9.74. The molecule has 3 aliphatic rings. The van der Waals surface area contributed by atoms with Gasteiger partial charge in [-0.25, -0.2) is 8.78 Å². The Kier molecular flexibility index (Phi) is 5.45. The molecule has 3 aliphatic heterocycles. The van der Waals surface area contributed by atoms with Crippen LogP contribution in [0.3, 0.4) is 0 Å². The lowest BCUT2D eigenvalue weighted by molar-refractivity contribution is -0.143. The maximum absolute atomic E-state index is 13.6. The number of hydrogen-bond acceptors (Lipinski definition) is 3. The fourth-order valence-corrected chi connectivity index (χ4v) is 5.43. The van der Waals surface area contributed by atoms with Crippen LogP contribution in [-0.2, 0) is 16.8 Å². The molecular formula is C22H31F2N3O. The molecule has 2 saturated heterocycles. The Labute approximate surface area is 166 Å². The average molecular weight is 392 g/mol. The van der Waals surface area contributed by atoms with Gasteiger partial charge in [0, 0.05) is 38.1 Å². The Morgan fingerprint density at radius 1 is 1.07 bits per heavy atom. The zero-order valence-electron chi connectivity index (χ0n) is 16.8. The van der Waals surface area contributed by atoms with Gasteiger partial charge in [-0.15, -0.1) is 0 Å². The highest BCUT2D eigenvalue weighted by molar-refractivity contribution is 5.78. The molecule has 28 heavy (non-hydrogen) atoms. The Hall–Kier alpha value is -1.53. The molecule has 1 aromatic carbocycles. The van der Waals surface area contributed by atoms with Crippen LogP contribution >= 0.6 is 0 Å². The normalized spacial score (nSPS) is 24.9.